The van der Waals surface area contributed by atoms with Gasteiger partial charge in [0.15, 0.2) is 12.5 Å². The molecule has 1 aliphatic rings. The van der Waals surface area contributed by atoms with Crippen molar-refractivity contribution in [3.05, 3.63) is 18.2 Å². The highest BCUT2D eigenvalue weighted by molar-refractivity contribution is 5.67. The van der Waals surface area contributed by atoms with Crippen molar-refractivity contribution < 1.29 is 14.3 Å². The van der Waals surface area contributed by atoms with Crippen LogP contribution in [0.3, 0.4) is 0 Å². The number of hydrogen-bond donors (Lipinski definition) is 1. The number of benzene rings is 1. The molecule has 7 heteroatoms. The molecule has 1 aromatic carbocycles. The first-order valence-electron chi connectivity index (χ1n) is 4.92. The zero-order valence-electron chi connectivity index (χ0n) is 9.45. The lowest BCUT2D eigenvalue weighted by Crippen LogP contribution is -2.36. The van der Waals surface area contributed by atoms with E-state index < -0.39 is 6.17 Å². The Labute approximate surface area is 98.0 Å². The fourth-order valence-electron chi connectivity index (χ4n) is 1.47. The van der Waals surface area contributed by atoms with Gasteiger partial charge in [0.2, 0.25) is 0 Å². The smallest absolute Gasteiger partial charge is 0.195 e. The molecule has 0 spiro atoms. The van der Waals surface area contributed by atoms with E-state index in [0.717, 1.165) is 0 Å². The Kier molecular flexibility index (Phi) is 3.08. The second-order valence-electron chi connectivity index (χ2n) is 3.31. The summed E-state index contributed by atoms with van der Waals surface area (Å²) in [6.07, 6.45) is 0.109. The number of rotatable bonds is 4. The molecule has 0 bridgehead atoms. The maximum Gasteiger partial charge on any atom is 0.195 e. The number of carbonyl (C=O) groups is 1. The van der Waals surface area contributed by atoms with Crippen molar-refractivity contribution in [3.63, 3.8) is 0 Å². The van der Waals surface area contributed by atoms with Crippen LogP contribution in [-0.2, 0) is 4.79 Å². The van der Waals surface area contributed by atoms with Gasteiger partial charge in [-0.05, 0) is 5.22 Å². The zero-order chi connectivity index (χ0) is 12.3. The summed E-state index contributed by atoms with van der Waals surface area (Å²) in [6.45, 7) is 0. The summed E-state index contributed by atoms with van der Waals surface area (Å²) in [4.78, 5) is 10.8. The van der Waals surface area contributed by atoms with Crippen LogP contribution in [0.25, 0.3) is 0 Å². The largest absolute Gasteiger partial charge is 0.497 e. The Morgan fingerprint density at radius 1 is 1.29 bits per heavy atom. The number of nitrogens with one attached hydrogen (secondary N) is 1. The molecule has 1 aromatic rings. The van der Waals surface area contributed by atoms with Crippen LogP contribution in [0.1, 0.15) is 0 Å². The number of methoxy groups -OCH3 is 2. The summed E-state index contributed by atoms with van der Waals surface area (Å²) in [5.41, 5.74) is 3.22. The van der Waals surface area contributed by atoms with Crippen LogP contribution >= 0.6 is 0 Å². The quantitative estimate of drug-likeness (QED) is 0.787. The molecule has 0 aliphatic carbocycles. The van der Waals surface area contributed by atoms with E-state index in [1.807, 2.05) is 0 Å². The average Bonchev–Trinajstić information content (AvgIpc) is 2.86. The van der Waals surface area contributed by atoms with Crippen molar-refractivity contribution in [2.45, 2.75) is 6.17 Å². The maximum atomic E-state index is 10.8. The summed E-state index contributed by atoms with van der Waals surface area (Å²) in [7, 11) is 3.11. The Morgan fingerprint density at radius 3 is 2.47 bits per heavy atom. The third-order valence-electron chi connectivity index (χ3n) is 2.32. The van der Waals surface area contributed by atoms with E-state index in [0.29, 0.717) is 23.5 Å². The molecule has 0 saturated heterocycles. The second-order valence-corrected chi connectivity index (χ2v) is 3.31. The molecule has 1 unspecified atom stereocenters. The molecule has 1 atom stereocenters. The molecule has 17 heavy (non-hydrogen) atoms. The van der Waals surface area contributed by atoms with Crippen LogP contribution in [0.5, 0.6) is 11.5 Å². The highest BCUT2D eigenvalue weighted by atomic mass is 16.5. The molecule has 0 aromatic heterocycles. The van der Waals surface area contributed by atoms with Crippen LogP contribution in [0, 0.1) is 0 Å². The molecule has 90 valence electrons. The van der Waals surface area contributed by atoms with Crippen LogP contribution in [-0.4, -0.2) is 26.7 Å². The van der Waals surface area contributed by atoms with Crippen LogP contribution in [0.2, 0.25) is 0 Å². The number of nitrogens with zero attached hydrogens (tertiary/aromatic N) is 3. The first-order valence-corrected chi connectivity index (χ1v) is 4.92. The van der Waals surface area contributed by atoms with Gasteiger partial charge in [0, 0.05) is 18.2 Å². The monoisotopic (exact) mass is 236 g/mol. The fraction of sp³-hybridized carbons (Fsp3) is 0.300. The van der Waals surface area contributed by atoms with Gasteiger partial charge in [-0.15, -0.1) is 0 Å². The van der Waals surface area contributed by atoms with E-state index in [9.17, 15) is 4.79 Å². The van der Waals surface area contributed by atoms with Gasteiger partial charge in [0.25, 0.3) is 0 Å². The van der Waals surface area contributed by atoms with Gasteiger partial charge in [-0.25, -0.2) is 5.01 Å². The SMILES string of the molecule is COc1cc(OC)cc(N2N=NNC2C=O)c1. The normalized spacial score (nSPS) is 17.8. The average molecular weight is 236 g/mol. The van der Waals surface area contributed by atoms with E-state index in [1.54, 1.807) is 32.4 Å². The van der Waals surface area contributed by atoms with Crippen molar-refractivity contribution in [1.29, 1.82) is 0 Å². The summed E-state index contributed by atoms with van der Waals surface area (Å²) >= 11 is 0. The Hall–Kier alpha value is -2.31. The molecule has 0 radical (unpaired) electrons. The lowest BCUT2D eigenvalue weighted by Gasteiger charge is -2.18. The predicted molar refractivity (Wildman–Crippen MR) is 59.9 cm³/mol. The molecular formula is C10H12N4O3. The van der Waals surface area contributed by atoms with Crippen molar-refractivity contribution in [2.24, 2.45) is 10.4 Å². The number of hydrogen-bond acceptors (Lipinski definition) is 7. The molecule has 1 aliphatic heterocycles. The molecule has 0 fully saturated rings. The number of anilines is 1. The number of ether oxygens (including phenoxy) is 2. The minimum atomic E-state index is -0.605. The van der Waals surface area contributed by atoms with Crippen molar-refractivity contribution in [1.82, 2.24) is 5.43 Å². The Morgan fingerprint density at radius 2 is 1.94 bits per heavy atom. The number of aldehydes is 1. The van der Waals surface area contributed by atoms with Gasteiger partial charge >= 0.3 is 0 Å². The van der Waals surface area contributed by atoms with Gasteiger partial charge in [-0.2, -0.15) is 0 Å². The first kappa shape index (κ1) is 11.2. The van der Waals surface area contributed by atoms with E-state index in [4.69, 9.17) is 9.47 Å². The molecule has 1 N–H and O–H groups in total. The molecule has 7 nitrogen and oxygen atoms in total. The van der Waals surface area contributed by atoms with Crippen LogP contribution < -0.4 is 19.9 Å². The molecular weight excluding hydrogens is 224 g/mol. The van der Waals surface area contributed by atoms with Gasteiger partial charge in [-0.1, -0.05) is 5.22 Å². The lowest BCUT2D eigenvalue weighted by molar-refractivity contribution is -0.109. The lowest BCUT2D eigenvalue weighted by atomic mass is 10.2. The first-order chi connectivity index (χ1) is 8.28. The third-order valence-corrected chi connectivity index (χ3v) is 2.32. The summed E-state index contributed by atoms with van der Waals surface area (Å²) < 4.78 is 10.3. The van der Waals surface area contributed by atoms with E-state index >= 15 is 0 Å². The summed E-state index contributed by atoms with van der Waals surface area (Å²) in [5, 5.41) is 8.85. The third kappa shape index (κ3) is 2.12. The van der Waals surface area contributed by atoms with Crippen molar-refractivity contribution in [3.8, 4) is 11.5 Å². The summed E-state index contributed by atoms with van der Waals surface area (Å²) in [5.74, 6) is 1.23. The minimum absolute atomic E-state index is 0.605. The molecule has 0 amide bonds. The molecule has 0 saturated carbocycles. The van der Waals surface area contributed by atoms with E-state index in [2.05, 4.69) is 15.9 Å². The van der Waals surface area contributed by atoms with E-state index in [1.165, 1.54) is 5.01 Å². The van der Waals surface area contributed by atoms with Crippen molar-refractivity contribution >= 4 is 12.0 Å². The van der Waals surface area contributed by atoms with Crippen LogP contribution in [0.15, 0.2) is 28.6 Å². The topological polar surface area (TPSA) is 75.5 Å². The maximum absolute atomic E-state index is 10.8. The number of carbonyl (C=O) groups excluding carboxylic acids is 1. The van der Waals surface area contributed by atoms with Crippen molar-refractivity contribution in [2.75, 3.05) is 19.2 Å². The standard InChI is InChI=1S/C10H12N4O3/c1-16-8-3-7(4-9(5-8)17-2)14-10(6-15)11-12-13-14/h3-6,10H,1-2H3,(H,11,13). The second kappa shape index (κ2) is 4.69. The highest BCUT2D eigenvalue weighted by Gasteiger charge is 2.23. The van der Waals surface area contributed by atoms with E-state index in [-0.39, 0.29) is 0 Å². The molecule has 1 heterocycles. The Balaban J connectivity index is 2.36. The minimum Gasteiger partial charge on any atom is -0.497 e. The highest BCUT2D eigenvalue weighted by Crippen LogP contribution is 2.30. The molecule has 2 rings (SSSR count). The Bertz CT molecular complexity index is 427. The fourth-order valence-corrected chi connectivity index (χ4v) is 1.47. The summed E-state index contributed by atoms with van der Waals surface area (Å²) in [6, 6.07) is 5.22. The van der Waals surface area contributed by atoms with Gasteiger partial charge in [-0.3, -0.25) is 10.2 Å². The van der Waals surface area contributed by atoms with Gasteiger partial charge < -0.3 is 9.47 Å². The zero-order valence-corrected chi connectivity index (χ0v) is 9.45. The predicted octanol–water partition coefficient (Wildman–Crippen LogP) is 0.921. The van der Waals surface area contributed by atoms with Crippen LogP contribution in [0.4, 0.5) is 5.69 Å². The van der Waals surface area contributed by atoms with Gasteiger partial charge in [0.05, 0.1) is 19.9 Å². The van der Waals surface area contributed by atoms with Gasteiger partial charge in [0.1, 0.15) is 11.5 Å².